The Morgan fingerprint density at radius 3 is 2.81 bits per heavy atom. The van der Waals surface area contributed by atoms with Crippen LogP contribution in [0.15, 0.2) is 22.7 Å². The van der Waals surface area contributed by atoms with Gasteiger partial charge in [0.1, 0.15) is 18.5 Å². The lowest BCUT2D eigenvalue weighted by Gasteiger charge is -2.39. The number of ether oxygens (including phenoxy) is 1. The van der Waals surface area contributed by atoms with Crippen molar-refractivity contribution in [3.05, 3.63) is 34.9 Å². The highest BCUT2D eigenvalue weighted by molar-refractivity contribution is 7.18. The van der Waals surface area contributed by atoms with Gasteiger partial charge in [0.15, 0.2) is 5.82 Å². The Labute approximate surface area is 193 Å². The van der Waals surface area contributed by atoms with E-state index in [1.54, 1.807) is 11.3 Å². The second-order valence-corrected chi connectivity index (χ2v) is 10.9. The molecule has 1 saturated heterocycles. The SMILES string of the molecule is Cc1nc2cc(OC[C@@H](O)CN3CCN(Cc4noc(C(C)(C)C)n4)[C@H](C)C3)ccc2s1. The first kappa shape index (κ1) is 23.1. The van der Waals surface area contributed by atoms with Crippen LogP contribution in [0.3, 0.4) is 0 Å². The van der Waals surface area contributed by atoms with Gasteiger partial charge in [-0.3, -0.25) is 9.80 Å². The molecule has 0 aliphatic carbocycles. The fourth-order valence-electron chi connectivity index (χ4n) is 3.93. The van der Waals surface area contributed by atoms with Crippen LogP contribution in [0.1, 0.15) is 44.4 Å². The van der Waals surface area contributed by atoms with Crippen LogP contribution in [0.25, 0.3) is 10.2 Å². The normalized spacial score (nSPS) is 19.5. The third kappa shape index (κ3) is 5.64. The van der Waals surface area contributed by atoms with Crippen LogP contribution in [-0.4, -0.2) is 75.0 Å². The fourth-order valence-corrected chi connectivity index (χ4v) is 4.74. The number of β-amino-alcohol motifs (C(OH)–C–C–N with tert-alkyl or cyclic N) is 1. The summed E-state index contributed by atoms with van der Waals surface area (Å²) < 4.78 is 12.4. The first-order valence-electron chi connectivity index (χ1n) is 11.1. The van der Waals surface area contributed by atoms with E-state index in [1.807, 2.05) is 25.1 Å². The maximum absolute atomic E-state index is 10.5. The minimum Gasteiger partial charge on any atom is -0.491 e. The molecule has 0 amide bonds. The maximum Gasteiger partial charge on any atom is 0.232 e. The zero-order chi connectivity index (χ0) is 22.9. The third-order valence-electron chi connectivity index (χ3n) is 5.68. The van der Waals surface area contributed by atoms with Gasteiger partial charge in [0.2, 0.25) is 5.89 Å². The molecule has 0 saturated carbocycles. The molecule has 0 spiro atoms. The van der Waals surface area contributed by atoms with Crippen LogP contribution in [0, 0.1) is 6.92 Å². The quantitative estimate of drug-likeness (QED) is 0.576. The summed E-state index contributed by atoms with van der Waals surface area (Å²) in [5.41, 5.74) is 0.805. The summed E-state index contributed by atoms with van der Waals surface area (Å²) in [6.07, 6.45) is -0.548. The number of aliphatic hydroxyl groups excluding tert-OH is 1. The molecule has 0 bridgehead atoms. The number of thiazole rings is 1. The number of benzene rings is 1. The van der Waals surface area contributed by atoms with E-state index in [0.717, 1.165) is 46.4 Å². The first-order valence-corrected chi connectivity index (χ1v) is 12.0. The summed E-state index contributed by atoms with van der Waals surface area (Å²) >= 11 is 1.67. The lowest BCUT2D eigenvalue weighted by Crippen LogP contribution is -2.53. The zero-order valence-electron chi connectivity index (χ0n) is 19.5. The van der Waals surface area contributed by atoms with E-state index in [9.17, 15) is 5.11 Å². The summed E-state index contributed by atoms with van der Waals surface area (Å²) in [5.74, 6) is 2.15. The van der Waals surface area contributed by atoms with Crippen LogP contribution in [0.4, 0.5) is 0 Å². The van der Waals surface area contributed by atoms with Gasteiger partial charge < -0.3 is 14.4 Å². The van der Waals surface area contributed by atoms with E-state index < -0.39 is 6.10 Å². The topological polar surface area (TPSA) is 87.8 Å². The molecular weight excluding hydrogens is 426 g/mol. The van der Waals surface area contributed by atoms with Gasteiger partial charge >= 0.3 is 0 Å². The van der Waals surface area contributed by atoms with Gasteiger partial charge in [-0.05, 0) is 26.0 Å². The molecule has 174 valence electrons. The van der Waals surface area contributed by atoms with Gasteiger partial charge in [0.25, 0.3) is 0 Å². The van der Waals surface area contributed by atoms with Crippen LogP contribution >= 0.6 is 11.3 Å². The summed E-state index contributed by atoms with van der Waals surface area (Å²) in [7, 11) is 0. The van der Waals surface area contributed by atoms with Crippen molar-refractivity contribution in [3.8, 4) is 5.75 Å². The summed E-state index contributed by atoms with van der Waals surface area (Å²) in [5, 5.41) is 15.7. The number of hydrogen-bond donors (Lipinski definition) is 1. The summed E-state index contributed by atoms with van der Waals surface area (Å²) in [4.78, 5) is 13.7. The van der Waals surface area contributed by atoms with Crippen molar-refractivity contribution in [1.29, 1.82) is 0 Å². The highest BCUT2D eigenvalue weighted by Crippen LogP contribution is 2.26. The molecule has 8 nitrogen and oxygen atoms in total. The number of aryl methyl sites for hydroxylation is 1. The molecule has 3 aromatic rings. The fraction of sp³-hybridized carbons (Fsp3) is 0.609. The van der Waals surface area contributed by atoms with Gasteiger partial charge in [0.05, 0.1) is 21.8 Å². The summed E-state index contributed by atoms with van der Waals surface area (Å²) in [6, 6.07) is 6.24. The van der Waals surface area contributed by atoms with Crippen LogP contribution in [-0.2, 0) is 12.0 Å². The van der Waals surface area contributed by atoms with E-state index in [1.165, 1.54) is 0 Å². The molecule has 1 aromatic carbocycles. The molecule has 2 atom stereocenters. The Morgan fingerprint density at radius 1 is 1.28 bits per heavy atom. The van der Waals surface area contributed by atoms with E-state index in [4.69, 9.17) is 9.26 Å². The Hall–Kier alpha value is -2.07. The van der Waals surface area contributed by atoms with Crippen molar-refractivity contribution in [2.45, 2.75) is 58.7 Å². The lowest BCUT2D eigenvalue weighted by molar-refractivity contribution is 0.0246. The number of nitrogens with zero attached hydrogens (tertiary/aromatic N) is 5. The van der Waals surface area contributed by atoms with Crippen LogP contribution in [0.2, 0.25) is 0 Å². The van der Waals surface area contributed by atoms with Gasteiger partial charge in [-0.1, -0.05) is 25.9 Å². The highest BCUT2D eigenvalue weighted by atomic mass is 32.1. The van der Waals surface area contributed by atoms with Gasteiger partial charge in [-0.25, -0.2) is 4.98 Å². The van der Waals surface area contributed by atoms with Crippen molar-refractivity contribution < 1.29 is 14.4 Å². The lowest BCUT2D eigenvalue weighted by atomic mass is 9.97. The molecular formula is C23H33N5O3S. The van der Waals surface area contributed by atoms with Crippen LogP contribution < -0.4 is 4.74 Å². The predicted molar refractivity (Wildman–Crippen MR) is 125 cm³/mol. The average molecular weight is 460 g/mol. The van der Waals surface area contributed by atoms with E-state index in [-0.39, 0.29) is 12.0 Å². The molecule has 0 unspecified atom stereocenters. The Kier molecular flexibility index (Phi) is 6.80. The molecule has 3 heterocycles. The number of fused-ring (bicyclic) bond motifs is 1. The zero-order valence-corrected chi connectivity index (χ0v) is 20.4. The van der Waals surface area contributed by atoms with Crippen molar-refractivity contribution in [1.82, 2.24) is 24.9 Å². The van der Waals surface area contributed by atoms with Crippen molar-refractivity contribution in [3.63, 3.8) is 0 Å². The first-order chi connectivity index (χ1) is 15.2. The minimum atomic E-state index is -0.548. The molecule has 2 aromatic heterocycles. The average Bonchev–Trinajstić information content (AvgIpc) is 3.33. The molecule has 0 radical (unpaired) electrons. The van der Waals surface area contributed by atoms with E-state index in [0.29, 0.717) is 25.0 Å². The molecule has 9 heteroatoms. The summed E-state index contributed by atoms with van der Waals surface area (Å²) in [6.45, 7) is 14.6. The molecule has 4 rings (SSSR count). The predicted octanol–water partition coefficient (Wildman–Crippen LogP) is 3.23. The van der Waals surface area contributed by atoms with Crippen molar-refractivity contribution in [2.75, 3.05) is 32.8 Å². The molecule has 1 fully saturated rings. The molecule has 32 heavy (non-hydrogen) atoms. The largest absolute Gasteiger partial charge is 0.491 e. The van der Waals surface area contributed by atoms with Gasteiger partial charge in [-0.2, -0.15) is 4.98 Å². The second kappa shape index (κ2) is 9.43. The van der Waals surface area contributed by atoms with Gasteiger partial charge in [0, 0.05) is 43.7 Å². The van der Waals surface area contributed by atoms with E-state index in [2.05, 4.69) is 52.6 Å². The monoisotopic (exact) mass is 459 g/mol. The number of aromatic nitrogens is 3. The molecule has 1 aliphatic rings. The standard InChI is InChI=1S/C23H33N5O3S/c1-15-11-27(8-9-28(15)13-21-25-22(31-26-21)23(3,4)5)12-17(29)14-30-18-6-7-20-19(10-18)24-16(2)32-20/h6-7,10,15,17,29H,8-9,11-14H2,1-5H3/t15-,17+/m1/s1. The molecule has 1 N–H and O–H groups in total. The second-order valence-electron chi connectivity index (χ2n) is 9.67. The Morgan fingerprint density at radius 2 is 2.09 bits per heavy atom. The number of rotatable bonds is 7. The molecule has 1 aliphatic heterocycles. The van der Waals surface area contributed by atoms with Crippen molar-refractivity contribution >= 4 is 21.6 Å². The number of aliphatic hydroxyl groups is 1. The van der Waals surface area contributed by atoms with E-state index >= 15 is 0 Å². The van der Waals surface area contributed by atoms with Crippen molar-refractivity contribution in [2.24, 2.45) is 0 Å². The maximum atomic E-state index is 10.5. The minimum absolute atomic E-state index is 0.140. The Balaban J connectivity index is 1.23. The highest BCUT2D eigenvalue weighted by Gasteiger charge is 2.28. The van der Waals surface area contributed by atoms with Gasteiger partial charge in [-0.15, -0.1) is 11.3 Å². The smallest absolute Gasteiger partial charge is 0.232 e. The third-order valence-corrected chi connectivity index (χ3v) is 6.63. The van der Waals surface area contributed by atoms with Crippen LogP contribution in [0.5, 0.6) is 5.75 Å². The number of hydrogen-bond acceptors (Lipinski definition) is 9. The number of piperazine rings is 1. The Bertz CT molecular complexity index is 1040.